The van der Waals surface area contributed by atoms with Gasteiger partial charge in [0.1, 0.15) is 6.07 Å². The van der Waals surface area contributed by atoms with Crippen LogP contribution in [0.5, 0.6) is 0 Å². The van der Waals surface area contributed by atoms with E-state index in [4.69, 9.17) is 0 Å². The van der Waals surface area contributed by atoms with Crippen LogP contribution in [0.4, 0.5) is 11.4 Å². The summed E-state index contributed by atoms with van der Waals surface area (Å²) in [5, 5.41) is 12.5. The summed E-state index contributed by atoms with van der Waals surface area (Å²) in [6.07, 6.45) is 0. The highest BCUT2D eigenvalue weighted by atomic mass is 15.1. The standard InChI is InChI=1S/C17H19N3/c1-13-5-4-6-17(16(13)11-18)19-12-14-7-9-15(10-8-14)20(2)3/h4-10,19H,12H2,1-3H3. The SMILES string of the molecule is Cc1cccc(NCc2ccc(N(C)C)cc2)c1C#N. The van der Waals surface area contributed by atoms with Crippen LogP contribution in [0.25, 0.3) is 0 Å². The van der Waals surface area contributed by atoms with E-state index in [1.165, 1.54) is 11.3 Å². The minimum atomic E-state index is 0.714. The van der Waals surface area contributed by atoms with Gasteiger partial charge in [0, 0.05) is 26.3 Å². The maximum Gasteiger partial charge on any atom is 0.102 e. The lowest BCUT2D eigenvalue weighted by Gasteiger charge is -2.13. The molecule has 0 unspecified atom stereocenters. The average molecular weight is 265 g/mol. The van der Waals surface area contributed by atoms with E-state index in [0.717, 1.165) is 16.8 Å². The zero-order valence-electron chi connectivity index (χ0n) is 12.1. The molecule has 2 rings (SSSR count). The van der Waals surface area contributed by atoms with E-state index in [2.05, 4.69) is 40.6 Å². The molecule has 0 spiro atoms. The van der Waals surface area contributed by atoms with Crippen molar-refractivity contribution in [3.63, 3.8) is 0 Å². The summed E-state index contributed by atoms with van der Waals surface area (Å²) in [6.45, 7) is 2.67. The van der Waals surface area contributed by atoms with E-state index in [1.807, 2.05) is 39.2 Å². The molecule has 0 aliphatic carbocycles. The summed E-state index contributed by atoms with van der Waals surface area (Å²) < 4.78 is 0. The van der Waals surface area contributed by atoms with Gasteiger partial charge >= 0.3 is 0 Å². The van der Waals surface area contributed by atoms with Crippen molar-refractivity contribution >= 4 is 11.4 Å². The first-order valence-electron chi connectivity index (χ1n) is 6.61. The fourth-order valence-corrected chi connectivity index (χ4v) is 2.07. The third kappa shape index (κ3) is 3.10. The van der Waals surface area contributed by atoms with Crippen LogP contribution in [-0.2, 0) is 6.54 Å². The zero-order chi connectivity index (χ0) is 14.5. The Balaban J connectivity index is 2.09. The number of aryl methyl sites for hydroxylation is 1. The van der Waals surface area contributed by atoms with Gasteiger partial charge in [0.2, 0.25) is 0 Å². The van der Waals surface area contributed by atoms with Crippen molar-refractivity contribution in [1.29, 1.82) is 5.26 Å². The Morgan fingerprint density at radius 2 is 1.80 bits per heavy atom. The van der Waals surface area contributed by atoms with Gasteiger partial charge in [-0.05, 0) is 36.2 Å². The molecule has 0 saturated heterocycles. The highest BCUT2D eigenvalue weighted by Gasteiger charge is 2.04. The summed E-state index contributed by atoms with van der Waals surface area (Å²) in [4.78, 5) is 2.07. The lowest BCUT2D eigenvalue weighted by molar-refractivity contribution is 1.11. The molecule has 0 aromatic heterocycles. The zero-order valence-corrected chi connectivity index (χ0v) is 12.1. The van der Waals surface area contributed by atoms with Crippen molar-refractivity contribution in [2.24, 2.45) is 0 Å². The Hall–Kier alpha value is -2.47. The fourth-order valence-electron chi connectivity index (χ4n) is 2.07. The van der Waals surface area contributed by atoms with Crippen molar-refractivity contribution in [2.75, 3.05) is 24.3 Å². The molecule has 0 aliphatic heterocycles. The number of nitrogens with one attached hydrogen (secondary N) is 1. The predicted molar refractivity (Wildman–Crippen MR) is 84.0 cm³/mol. The molecule has 0 fully saturated rings. The summed E-state index contributed by atoms with van der Waals surface area (Å²) in [6, 6.07) is 16.5. The Kier molecular flexibility index (Phi) is 4.27. The van der Waals surface area contributed by atoms with Gasteiger partial charge in [-0.25, -0.2) is 0 Å². The average Bonchev–Trinajstić information content (AvgIpc) is 2.45. The summed E-state index contributed by atoms with van der Waals surface area (Å²) >= 11 is 0. The van der Waals surface area contributed by atoms with Gasteiger partial charge in [-0.2, -0.15) is 5.26 Å². The number of anilines is 2. The molecule has 0 atom stereocenters. The van der Waals surface area contributed by atoms with E-state index < -0.39 is 0 Å². The van der Waals surface area contributed by atoms with Crippen LogP contribution in [0.15, 0.2) is 42.5 Å². The molecular weight excluding hydrogens is 246 g/mol. The number of nitrogens with zero attached hydrogens (tertiary/aromatic N) is 2. The molecule has 0 amide bonds. The van der Waals surface area contributed by atoms with E-state index in [9.17, 15) is 5.26 Å². The second-order valence-electron chi connectivity index (χ2n) is 5.02. The first-order chi connectivity index (χ1) is 9.61. The van der Waals surface area contributed by atoms with E-state index in [0.29, 0.717) is 6.54 Å². The van der Waals surface area contributed by atoms with Gasteiger partial charge < -0.3 is 10.2 Å². The second kappa shape index (κ2) is 6.12. The number of nitriles is 1. The normalized spacial score (nSPS) is 9.90. The summed E-state index contributed by atoms with van der Waals surface area (Å²) in [7, 11) is 4.05. The molecule has 3 nitrogen and oxygen atoms in total. The monoisotopic (exact) mass is 265 g/mol. The maximum absolute atomic E-state index is 9.20. The lowest BCUT2D eigenvalue weighted by Crippen LogP contribution is -2.08. The van der Waals surface area contributed by atoms with Crippen molar-refractivity contribution in [3.05, 3.63) is 59.2 Å². The van der Waals surface area contributed by atoms with Crippen molar-refractivity contribution in [1.82, 2.24) is 0 Å². The Morgan fingerprint density at radius 3 is 2.40 bits per heavy atom. The molecule has 0 radical (unpaired) electrons. The van der Waals surface area contributed by atoms with Crippen molar-refractivity contribution in [3.8, 4) is 6.07 Å². The van der Waals surface area contributed by atoms with Gasteiger partial charge in [-0.15, -0.1) is 0 Å². The largest absolute Gasteiger partial charge is 0.380 e. The fraction of sp³-hybridized carbons (Fsp3) is 0.235. The molecule has 0 saturated carbocycles. The maximum atomic E-state index is 9.20. The van der Waals surface area contributed by atoms with Gasteiger partial charge in [0.25, 0.3) is 0 Å². The van der Waals surface area contributed by atoms with E-state index in [1.54, 1.807) is 0 Å². The van der Waals surface area contributed by atoms with Crippen molar-refractivity contribution < 1.29 is 0 Å². The van der Waals surface area contributed by atoms with E-state index >= 15 is 0 Å². The molecule has 0 heterocycles. The summed E-state index contributed by atoms with van der Waals surface area (Å²) in [5.41, 5.74) is 4.99. The van der Waals surface area contributed by atoms with Gasteiger partial charge in [-0.1, -0.05) is 24.3 Å². The third-order valence-electron chi connectivity index (χ3n) is 3.32. The Labute approximate surface area is 120 Å². The van der Waals surface area contributed by atoms with Crippen molar-refractivity contribution in [2.45, 2.75) is 13.5 Å². The highest BCUT2D eigenvalue weighted by molar-refractivity contribution is 5.60. The first kappa shape index (κ1) is 14.0. The minimum absolute atomic E-state index is 0.714. The van der Waals surface area contributed by atoms with Crippen LogP contribution in [0, 0.1) is 18.3 Å². The quantitative estimate of drug-likeness (QED) is 0.919. The molecule has 0 aliphatic rings. The number of hydrogen-bond donors (Lipinski definition) is 1. The topological polar surface area (TPSA) is 39.1 Å². The van der Waals surface area contributed by atoms with Gasteiger partial charge in [-0.3, -0.25) is 0 Å². The Bertz CT molecular complexity index is 622. The molecule has 2 aromatic rings. The molecule has 0 bridgehead atoms. The predicted octanol–water partition coefficient (Wildman–Crippen LogP) is 3.54. The first-order valence-corrected chi connectivity index (χ1v) is 6.61. The van der Waals surface area contributed by atoms with Crippen LogP contribution in [-0.4, -0.2) is 14.1 Å². The molecule has 3 heteroatoms. The number of rotatable bonds is 4. The van der Waals surface area contributed by atoms with E-state index in [-0.39, 0.29) is 0 Å². The molecule has 20 heavy (non-hydrogen) atoms. The highest BCUT2D eigenvalue weighted by Crippen LogP contribution is 2.19. The van der Waals surface area contributed by atoms with Gasteiger partial charge in [0.05, 0.1) is 11.3 Å². The van der Waals surface area contributed by atoms with Crippen LogP contribution in [0.2, 0.25) is 0 Å². The van der Waals surface area contributed by atoms with Crippen LogP contribution < -0.4 is 10.2 Å². The smallest absolute Gasteiger partial charge is 0.102 e. The van der Waals surface area contributed by atoms with Gasteiger partial charge in [0.15, 0.2) is 0 Å². The molecular formula is C17H19N3. The minimum Gasteiger partial charge on any atom is -0.380 e. The molecule has 2 aromatic carbocycles. The lowest BCUT2D eigenvalue weighted by atomic mass is 10.1. The third-order valence-corrected chi connectivity index (χ3v) is 3.32. The molecule has 102 valence electrons. The van der Waals surface area contributed by atoms with Crippen LogP contribution in [0.1, 0.15) is 16.7 Å². The summed E-state index contributed by atoms with van der Waals surface area (Å²) in [5.74, 6) is 0. The van der Waals surface area contributed by atoms with Crippen LogP contribution >= 0.6 is 0 Å². The number of benzene rings is 2. The Morgan fingerprint density at radius 1 is 1.10 bits per heavy atom. The van der Waals surface area contributed by atoms with Crippen LogP contribution in [0.3, 0.4) is 0 Å². The second-order valence-corrected chi connectivity index (χ2v) is 5.02. The molecule has 1 N–H and O–H groups in total. The number of hydrogen-bond acceptors (Lipinski definition) is 3.